The lowest BCUT2D eigenvalue weighted by atomic mass is 10.1. The van der Waals surface area contributed by atoms with E-state index in [4.69, 9.17) is 4.74 Å². The Labute approximate surface area is 120 Å². The van der Waals surface area contributed by atoms with Crippen LogP contribution in [0.4, 0.5) is 0 Å². The first-order valence-electron chi connectivity index (χ1n) is 7.56. The van der Waals surface area contributed by atoms with E-state index in [1.807, 2.05) is 24.3 Å². The summed E-state index contributed by atoms with van der Waals surface area (Å²) in [4.78, 5) is 14.4. The molecule has 0 aliphatic carbocycles. The summed E-state index contributed by atoms with van der Waals surface area (Å²) in [7, 11) is 0. The average Bonchev–Trinajstić information content (AvgIpc) is 2.90. The summed E-state index contributed by atoms with van der Waals surface area (Å²) in [5.74, 6) is 1.02. The predicted octanol–water partition coefficient (Wildman–Crippen LogP) is 2.11. The van der Waals surface area contributed by atoms with Gasteiger partial charge in [0.25, 0.3) is 0 Å². The lowest BCUT2D eigenvalue weighted by molar-refractivity contribution is -0.122. The predicted molar refractivity (Wildman–Crippen MR) is 77.7 cm³/mol. The SMILES string of the molecule is O=C(CCN1CCCCC1)N[C@H]1COc2ccccc21. The smallest absolute Gasteiger partial charge is 0.221 e. The zero-order valence-electron chi connectivity index (χ0n) is 11.8. The maximum atomic E-state index is 12.1. The van der Waals surface area contributed by atoms with Crippen molar-refractivity contribution in [1.82, 2.24) is 10.2 Å². The van der Waals surface area contributed by atoms with Gasteiger partial charge in [-0.05, 0) is 32.0 Å². The minimum absolute atomic E-state index is 0.0139. The quantitative estimate of drug-likeness (QED) is 0.914. The van der Waals surface area contributed by atoms with Crippen molar-refractivity contribution < 1.29 is 9.53 Å². The van der Waals surface area contributed by atoms with Gasteiger partial charge < -0.3 is 15.0 Å². The number of hydrogen-bond donors (Lipinski definition) is 1. The Hall–Kier alpha value is -1.55. The van der Waals surface area contributed by atoms with E-state index >= 15 is 0 Å². The monoisotopic (exact) mass is 274 g/mol. The van der Waals surface area contributed by atoms with E-state index in [9.17, 15) is 4.79 Å². The molecule has 2 aliphatic rings. The molecule has 20 heavy (non-hydrogen) atoms. The molecule has 1 N–H and O–H groups in total. The zero-order valence-corrected chi connectivity index (χ0v) is 11.8. The van der Waals surface area contributed by atoms with Crippen LogP contribution < -0.4 is 10.1 Å². The molecule has 3 rings (SSSR count). The van der Waals surface area contributed by atoms with Gasteiger partial charge in [-0.15, -0.1) is 0 Å². The van der Waals surface area contributed by atoms with E-state index < -0.39 is 0 Å². The second-order valence-electron chi connectivity index (χ2n) is 5.62. The number of carbonyl (C=O) groups is 1. The number of fused-ring (bicyclic) bond motifs is 1. The summed E-state index contributed by atoms with van der Waals surface area (Å²) >= 11 is 0. The first-order chi connectivity index (χ1) is 9.83. The van der Waals surface area contributed by atoms with Gasteiger partial charge in [0.15, 0.2) is 0 Å². The molecule has 1 amide bonds. The van der Waals surface area contributed by atoms with Crippen molar-refractivity contribution in [3.63, 3.8) is 0 Å². The van der Waals surface area contributed by atoms with E-state index in [0.29, 0.717) is 13.0 Å². The average molecular weight is 274 g/mol. The lowest BCUT2D eigenvalue weighted by Gasteiger charge is -2.26. The molecule has 1 saturated heterocycles. The number of ether oxygens (including phenoxy) is 1. The van der Waals surface area contributed by atoms with Crippen LogP contribution in [0.15, 0.2) is 24.3 Å². The van der Waals surface area contributed by atoms with Crippen LogP contribution in [0, 0.1) is 0 Å². The van der Waals surface area contributed by atoms with E-state index in [1.54, 1.807) is 0 Å². The number of nitrogens with one attached hydrogen (secondary N) is 1. The van der Waals surface area contributed by atoms with Gasteiger partial charge in [0.1, 0.15) is 12.4 Å². The van der Waals surface area contributed by atoms with Crippen molar-refractivity contribution in [2.24, 2.45) is 0 Å². The van der Waals surface area contributed by atoms with E-state index in [0.717, 1.165) is 30.9 Å². The molecule has 1 aromatic rings. The molecule has 2 heterocycles. The van der Waals surface area contributed by atoms with Crippen LogP contribution in [0.25, 0.3) is 0 Å². The van der Waals surface area contributed by atoms with Crippen LogP contribution in [0.5, 0.6) is 5.75 Å². The minimum Gasteiger partial charge on any atom is -0.491 e. The third-order valence-corrected chi connectivity index (χ3v) is 4.14. The standard InChI is InChI=1S/C16H22N2O2/c19-16(8-11-18-9-4-1-5-10-18)17-14-12-20-15-7-3-2-6-13(14)15/h2-3,6-7,14H,1,4-5,8-12H2,(H,17,19)/t14-/m0/s1. The summed E-state index contributed by atoms with van der Waals surface area (Å²) in [6.45, 7) is 3.71. The van der Waals surface area contributed by atoms with Crippen LogP contribution in [0.1, 0.15) is 37.3 Å². The molecular formula is C16H22N2O2. The fraction of sp³-hybridized carbons (Fsp3) is 0.562. The fourth-order valence-electron chi connectivity index (χ4n) is 2.99. The molecule has 0 aromatic heterocycles. The fourth-order valence-corrected chi connectivity index (χ4v) is 2.99. The largest absolute Gasteiger partial charge is 0.491 e. The normalized spacial score (nSPS) is 22.1. The first-order valence-corrected chi connectivity index (χ1v) is 7.56. The summed E-state index contributed by atoms with van der Waals surface area (Å²) in [5, 5.41) is 3.08. The van der Waals surface area contributed by atoms with Crippen LogP contribution in [0.2, 0.25) is 0 Å². The zero-order chi connectivity index (χ0) is 13.8. The van der Waals surface area contributed by atoms with Gasteiger partial charge in [0, 0.05) is 18.5 Å². The number of piperidine rings is 1. The number of carbonyl (C=O) groups excluding carboxylic acids is 1. The maximum Gasteiger partial charge on any atom is 0.221 e. The third-order valence-electron chi connectivity index (χ3n) is 4.14. The lowest BCUT2D eigenvalue weighted by Crippen LogP contribution is -2.35. The highest BCUT2D eigenvalue weighted by Crippen LogP contribution is 2.31. The Kier molecular flexibility index (Phi) is 4.21. The van der Waals surface area contributed by atoms with Gasteiger partial charge in [0.05, 0.1) is 6.04 Å². The second kappa shape index (κ2) is 6.27. The van der Waals surface area contributed by atoms with Gasteiger partial charge in [-0.3, -0.25) is 4.79 Å². The van der Waals surface area contributed by atoms with E-state index in [-0.39, 0.29) is 11.9 Å². The Morgan fingerprint density at radius 2 is 2.05 bits per heavy atom. The molecule has 4 nitrogen and oxygen atoms in total. The van der Waals surface area contributed by atoms with Crippen molar-refractivity contribution in [2.45, 2.75) is 31.7 Å². The van der Waals surface area contributed by atoms with Crippen molar-refractivity contribution in [3.8, 4) is 5.75 Å². The van der Waals surface area contributed by atoms with Crippen molar-refractivity contribution >= 4 is 5.91 Å². The summed E-state index contributed by atoms with van der Waals surface area (Å²) < 4.78 is 5.58. The first kappa shape index (κ1) is 13.4. The van der Waals surface area contributed by atoms with Gasteiger partial charge >= 0.3 is 0 Å². The van der Waals surface area contributed by atoms with Gasteiger partial charge in [-0.2, -0.15) is 0 Å². The summed E-state index contributed by atoms with van der Waals surface area (Å²) in [6, 6.07) is 7.94. The number of hydrogen-bond acceptors (Lipinski definition) is 3. The van der Waals surface area contributed by atoms with E-state index in [1.165, 1.54) is 19.3 Å². The van der Waals surface area contributed by atoms with Crippen molar-refractivity contribution in [2.75, 3.05) is 26.2 Å². The van der Waals surface area contributed by atoms with Crippen molar-refractivity contribution in [1.29, 1.82) is 0 Å². The van der Waals surface area contributed by atoms with E-state index in [2.05, 4.69) is 10.2 Å². The Morgan fingerprint density at radius 1 is 1.25 bits per heavy atom. The third kappa shape index (κ3) is 3.12. The number of amides is 1. The number of rotatable bonds is 4. The highest BCUT2D eigenvalue weighted by Gasteiger charge is 2.25. The van der Waals surface area contributed by atoms with Crippen LogP contribution in [-0.2, 0) is 4.79 Å². The Bertz CT molecular complexity index is 469. The van der Waals surface area contributed by atoms with Crippen LogP contribution in [0.3, 0.4) is 0 Å². The maximum absolute atomic E-state index is 12.1. The molecule has 0 saturated carbocycles. The minimum atomic E-state index is 0.0139. The Morgan fingerprint density at radius 3 is 2.90 bits per heavy atom. The topological polar surface area (TPSA) is 41.6 Å². The molecule has 0 bridgehead atoms. The van der Waals surface area contributed by atoms with Gasteiger partial charge in [0.2, 0.25) is 5.91 Å². The number of para-hydroxylation sites is 1. The van der Waals surface area contributed by atoms with Crippen LogP contribution in [-0.4, -0.2) is 37.0 Å². The summed E-state index contributed by atoms with van der Waals surface area (Å²) in [6.07, 6.45) is 4.45. The van der Waals surface area contributed by atoms with Crippen molar-refractivity contribution in [3.05, 3.63) is 29.8 Å². The summed E-state index contributed by atoms with van der Waals surface area (Å²) in [5.41, 5.74) is 1.10. The number of benzene rings is 1. The highest BCUT2D eigenvalue weighted by atomic mass is 16.5. The molecule has 2 aliphatic heterocycles. The molecule has 4 heteroatoms. The number of likely N-dealkylation sites (tertiary alicyclic amines) is 1. The number of nitrogens with zero attached hydrogens (tertiary/aromatic N) is 1. The molecule has 1 fully saturated rings. The van der Waals surface area contributed by atoms with Crippen LogP contribution >= 0.6 is 0 Å². The molecule has 0 radical (unpaired) electrons. The molecule has 1 atom stereocenters. The molecule has 108 valence electrons. The second-order valence-corrected chi connectivity index (χ2v) is 5.62. The molecule has 1 aromatic carbocycles. The van der Waals surface area contributed by atoms with Gasteiger partial charge in [-0.1, -0.05) is 24.6 Å². The van der Waals surface area contributed by atoms with Gasteiger partial charge in [-0.25, -0.2) is 0 Å². The highest BCUT2D eigenvalue weighted by molar-refractivity contribution is 5.77. The molecule has 0 unspecified atom stereocenters. The molecule has 0 spiro atoms. The molecular weight excluding hydrogens is 252 g/mol. The Balaban J connectivity index is 1.47.